The van der Waals surface area contributed by atoms with Crippen LogP contribution in [0, 0.1) is 0 Å². The van der Waals surface area contributed by atoms with Crippen molar-refractivity contribution in [1.82, 2.24) is 47.6 Å². The van der Waals surface area contributed by atoms with Gasteiger partial charge in [-0.05, 0) is 42.8 Å². The lowest BCUT2D eigenvalue weighted by Gasteiger charge is -2.06. The lowest BCUT2D eigenvalue weighted by Crippen LogP contribution is -2.30. The fourth-order valence-corrected chi connectivity index (χ4v) is 7.74. The number of rotatable bonds is 19. The molecule has 0 saturated heterocycles. The number of imidazole rings is 1. The molecule has 0 spiro atoms. The highest BCUT2D eigenvalue weighted by Gasteiger charge is 2.22. The van der Waals surface area contributed by atoms with Crippen molar-refractivity contribution >= 4 is 81.4 Å². The van der Waals surface area contributed by atoms with Crippen molar-refractivity contribution in [1.29, 1.82) is 0 Å². The summed E-state index contributed by atoms with van der Waals surface area (Å²) in [4.78, 5) is 108. The number of nitrogens with two attached hydrogens (primary N) is 1. The second kappa shape index (κ2) is 21.5. The first kappa shape index (κ1) is 50.5. The van der Waals surface area contributed by atoms with Gasteiger partial charge in [0.25, 0.3) is 41.4 Å². The Morgan fingerprint density at radius 2 is 0.722 bits per heavy atom. The SMILES string of the molecule is Cn1cc(NC(=O)c2cc(NC(=O)c3cc(NC(=O)c4cc(NC(=O)CCCNC(=O)c5cc(NC(=O)c6cc(NC(=O)c7nccn7C)cn6C)cn5C)cn4C)cn3C)cn2C)cc1C(=O)NCCN. The summed E-state index contributed by atoms with van der Waals surface area (Å²) in [5.74, 6) is -3.24. The summed E-state index contributed by atoms with van der Waals surface area (Å²) in [6, 6.07) is 9.10. The highest BCUT2D eigenvalue weighted by Crippen LogP contribution is 2.22. The molecule has 7 aromatic rings. The number of amides is 8. The molecule has 25 heteroatoms. The van der Waals surface area contributed by atoms with Crippen LogP contribution in [0.2, 0.25) is 0 Å². The van der Waals surface area contributed by atoms with Gasteiger partial charge in [-0.1, -0.05) is 0 Å². The maximum atomic E-state index is 13.4. The zero-order chi connectivity index (χ0) is 52.0. The first-order valence-electron chi connectivity index (χ1n) is 22.4. The van der Waals surface area contributed by atoms with Gasteiger partial charge in [0.1, 0.15) is 34.2 Å². The second-order valence-electron chi connectivity index (χ2n) is 16.9. The van der Waals surface area contributed by atoms with E-state index in [-0.39, 0.29) is 65.6 Å². The Labute approximate surface area is 411 Å². The van der Waals surface area contributed by atoms with Gasteiger partial charge in [-0.2, -0.15) is 0 Å². The molecule has 8 amide bonds. The number of hydrogen-bond acceptors (Lipinski definition) is 10. The molecule has 0 fully saturated rings. The molecule has 25 nitrogen and oxygen atoms in total. The zero-order valence-corrected chi connectivity index (χ0v) is 40.5. The van der Waals surface area contributed by atoms with Crippen molar-refractivity contribution in [3.05, 3.63) is 126 Å². The Kier molecular flexibility index (Phi) is 15.1. The standard InChI is InChI=1S/C47H55N17O8/c1-58-14-13-49-40(58)47(72)57-32-20-38(64(7)26-32)46(71)53-28-16-33(59(2)22-28)41(66)50-11-8-9-39(65)52-27-15-35(61(4)21-27)43(68)55-30-18-37(63(6)24-30)45(70)56-31-19-36(62(5)25-31)44(69)54-29-17-34(60(3)23-29)42(67)51-12-10-48/h13-26H,8-12,48H2,1-7H3,(H,50,66)(H,51,67)(H,52,65)(H,53,71)(H,54,69)(H,55,68)(H,56,70)(H,57,72). The first-order chi connectivity index (χ1) is 34.3. The summed E-state index contributed by atoms with van der Waals surface area (Å²) in [6.45, 7) is 0.769. The van der Waals surface area contributed by atoms with Crippen molar-refractivity contribution in [2.24, 2.45) is 55.1 Å². The van der Waals surface area contributed by atoms with Gasteiger partial charge in [-0.3, -0.25) is 38.4 Å². The van der Waals surface area contributed by atoms with Crippen molar-refractivity contribution in [3.8, 4) is 0 Å². The minimum atomic E-state index is -0.503. The van der Waals surface area contributed by atoms with E-state index in [1.54, 1.807) is 126 Å². The molecule has 0 saturated carbocycles. The summed E-state index contributed by atoms with van der Waals surface area (Å²) < 4.78 is 10.9. The largest absolute Gasteiger partial charge is 0.351 e. The predicted molar refractivity (Wildman–Crippen MR) is 267 cm³/mol. The molecule has 376 valence electrons. The predicted octanol–water partition coefficient (Wildman–Crippen LogP) is 2.55. The van der Waals surface area contributed by atoms with E-state index in [0.717, 1.165) is 0 Å². The fourth-order valence-electron chi connectivity index (χ4n) is 7.74. The zero-order valence-electron chi connectivity index (χ0n) is 40.5. The fraction of sp³-hybridized carbons (Fsp3) is 0.255. The van der Waals surface area contributed by atoms with Gasteiger partial charge >= 0.3 is 0 Å². The third-order valence-electron chi connectivity index (χ3n) is 11.3. The summed E-state index contributed by atoms with van der Waals surface area (Å²) in [5.41, 5.74) is 9.24. The van der Waals surface area contributed by atoms with Gasteiger partial charge in [0, 0.05) is 125 Å². The molecule has 0 unspecified atom stereocenters. The highest BCUT2D eigenvalue weighted by molar-refractivity contribution is 6.10. The van der Waals surface area contributed by atoms with Crippen LogP contribution >= 0.6 is 0 Å². The first-order valence-corrected chi connectivity index (χ1v) is 22.4. The Bertz CT molecular complexity index is 3240. The number of aromatic nitrogens is 8. The van der Waals surface area contributed by atoms with Crippen LogP contribution in [0.4, 0.5) is 34.1 Å². The molecule has 72 heavy (non-hydrogen) atoms. The van der Waals surface area contributed by atoms with E-state index in [2.05, 4.69) is 47.5 Å². The highest BCUT2D eigenvalue weighted by atomic mass is 16.2. The molecule has 0 atom stereocenters. The third-order valence-corrected chi connectivity index (χ3v) is 11.3. The molecule has 0 radical (unpaired) electrons. The van der Waals surface area contributed by atoms with Crippen LogP contribution in [-0.2, 0) is 54.1 Å². The molecule has 0 aromatic carbocycles. The molecule has 7 heterocycles. The summed E-state index contributed by atoms with van der Waals surface area (Å²) in [5, 5.41) is 22.1. The van der Waals surface area contributed by atoms with E-state index in [4.69, 9.17) is 5.73 Å². The van der Waals surface area contributed by atoms with Crippen molar-refractivity contribution < 1.29 is 38.4 Å². The van der Waals surface area contributed by atoms with E-state index < -0.39 is 35.4 Å². The summed E-state index contributed by atoms with van der Waals surface area (Å²) in [6.07, 6.45) is 13.0. The average Bonchev–Trinajstić information content (AvgIpc) is 4.21. The molecule has 0 aliphatic rings. The second-order valence-corrected chi connectivity index (χ2v) is 16.9. The number of carbonyl (C=O) groups is 8. The average molecular weight is 986 g/mol. The summed E-state index contributed by atoms with van der Waals surface area (Å²) >= 11 is 0. The smallest absolute Gasteiger partial charge is 0.291 e. The molecule has 0 bridgehead atoms. The normalized spacial score (nSPS) is 10.9. The van der Waals surface area contributed by atoms with Crippen molar-refractivity contribution in [3.63, 3.8) is 0 Å². The van der Waals surface area contributed by atoms with Crippen LogP contribution in [0.3, 0.4) is 0 Å². The van der Waals surface area contributed by atoms with Gasteiger partial charge in [-0.25, -0.2) is 4.98 Å². The van der Waals surface area contributed by atoms with Crippen molar-refractivity contribution in [2.45, 2.75) is 12.8 Å². The van der Waals surface area contributed by atoms with Gasteiger partial charge in [-0.15, -0.1) is 0 Å². The van der Waals surface area contributed by atoms with Gasteiger partial charge < -0.3 is 80.2 Å². The summed E-state index contributed by atoms with van der Waals surface area (Å²) in [7, 11) is 11.6. The molecule has 10 N–H and O–H groups in total. The lowest BCUT2D eigenvalue weighted by molar-refractivity contribution is -0.116. The molecular weight excluding hydrogens is 931 g/mol. The molecule has 0 aliphatic heterocycles. The topological polar surface area (TPSA) is 306 Å². The van der Waals surface area contributed by atoms with Crippen molar-refractivity contribution in [2.75, 3.05) is 51.5 Å². The Balaban J connectivity index is 0.848. The monoisotopic (exact) mass is 985 g/mol. The van der Waals surface area contributed by atoms with Crippen LogP contribution < -0.4 is 48.3 Å². The van der Waals surface area contributed by atoms with Crippen LogP contribution in [0.5, 0.6) is 0 Å². The van der Waals surface area contributed by atoms with Gasteiger partial charge in [0.15, 0.2) is 5.82 Å². The minimum absolute atomic E-state index is 0.0598. The molecule has 0 aliphatic carbocycles. The van der Waals surface area contributed by atoms with E-state index in [9.17, 15) is 38.4 Å². The van der Waals surface area contributed by atoms with E-state index in [0.29, 0.717) is 52.8 Å². The van der Waals surface area contributed by atoms with Gasteiger partial charge in [0.2, 0.25) is 5.91 Å². The Morgan fingerprint density at radius 3 is 1.04 bits per heavy atom. The lowest BCUT2D eigenvalue weighted by atomic mass is 10.2. The molecular formula is C47H55N17O8. The Hall–Kier alpha value is -9.39. The van der Waals surface area contributed by atoms with E-state index >= 15 is 0 Å². The number of nitrogens with one attached hydrogen (secondary N) is 8. The van der Waals surface area contributed by atoms with Gasteiger partial charge in [0.05, 0.1) is 34.1 Å². The van der Waals surface area contributed by atoms with E-state index in [1.165, 1.54) is 41.1 Å². The number of nitrogens with zero attached hydrogens (tertiary/aromatic N) is 8. The number of aryl methyl sites for hydroxylation is 7. The van der Waals surface area contributed by atoms with E-state index in [1.807, 2.05) is 0 Å². The van der Waals surface area contributed by atoms with Crippen LogP contribution in [0.15, 0.2) is 86.0 Å². The maximum Gasteiger partial charge on any atom is 0.291 e. The maximum absolute atomic E-state index is 13.4. The van der Waals surface area contributed by atoms with Crippen LogP contribution in [-0.4, -0.2) is 104 Å². The number of anilines is 6. The molecule has 7 rings (SSSR count). The number of carbonyl (C=O) groups excluding carboxylic acids is 8. The van der Waals surface area contributed by atoms with Crippen LogP contribution in [0.25, 0.3) is 0 Å². The molecule has 7 aromatic heterocycles. The quantitative estimate of drug-likeness (QED) is 0.0534. The third kappa shape index (κ3) is 11.7. The minimum Gasteiger partial charge on any atom is -0.351 e. The van der Waals surface area contributed by atoms with Crippen LogP contribution in [0.1, 0.15) is 86.4 Å². The number of hydrogen-bond donors (Lipinski definition) is 9. The Morgan fingerprint density at radius 1 is 0.417 bits per heavy atom.